The molecule has 1 nitrogen and oxygen atoms in total. The lowest BCUT2D eigenvalue weighted by Gasteiger charge is -2.15. The highest BCUT2D eigenvalue weighted by atomic mass is 35.5. The average molecular weight is 244 g/mol. The smallest absolute Gasteiger partial charge is 0.0411 e. The highest BCUT2D eigenvalue weighted by Crippen LogP contribution is 2.17. The first-order chi connectivity index (χ1) is 6.84. The monoisotopic (exact) mass is 243 g/mol. The molecule has 1 heterocycles. The van der Waals surface area contributed by atoms with Crippen LogP contribution in [-0.4, -0.2) is 13.1 Å². The van der Waals surface area contributed by atoms with Crippen molar-refractivity contribution in [1.29, 1.82) is 0 Å². The van der Waals surface area contributed by atoms with Crippen molar-refractivity contribution in [1.82, 2.24) is 5.32 Å². The van der Waals surface area contributed by atoms with Crippen LogP contribution in [0.3, 0.4) is 0 Å². The molecular weight excluding hydrogens is 229 g/mol. The van der Waals surface area contributed by atoms with Gasteiger partial charge in [-0.1, -0.05) is 35.4 Å². The summed E-state index contributed by atoms with van der Waals surface area (Å²) >= 11 is 5.92. The van der Waals surface area contributed by atoms with Crippen molar-refractivity contribution in [2.75, 3.05) is 13.1 Å². The van der Waals surface area contributed by atoms with Crippen molar-refractivity contribution in [3.8, 4) is 0 Å². The topological polar surface area (TPSA) is 12.0 Å². The molecule has 1 fully saturated rings. The second-order valence-electron chi connectivity index (χ2n) is 3.61. The fourth-order valence-corrected chi connectivity index (χ4v) is 1.92. The molecule has 2 rings (SSSR count). The van der Waals surface area contributed by atoms with Gasteiger partial charge in [0.1, 0.15) is 0 Å². The van der Waals surface area contributed by atoms with Gasteiger partial charge in [0, 0.05) is 5.02 Å². The molecule has 1 saturated heterocycles. The summed E-state index contributed by atoms with van der Waals surface area (Å²) in [4.78, 5) is 0. The predicted molar refractivity (Wildman–Crippen MR) is 68.8 cm³/mol. The van der Waals surface area contributed by atoms with E-state index < -0.39 is 0 Å². The first-order valence-corrected chi connectivity index (χ1v) is 5.38. The minimum atomic E-state index is 0. The van der Waals surface area contributed by atoms with Crippen LogP contribution < -0.4 is 5.32 Å². The summed E-state index contributed by atoms with van der Waals surface area (Å²) in [7, 11) is 0. The first-order valence-electron chi connectivity index (χ1n) is 5.00. The van der Waals surface area contributed by atoms with E-state index in [2.05, 4.69) is 17.5 Å². The summed E-state index contributed by atoms with van der Waals surface area (Å²) in [6.07, 6.45) is 4.58. The van der Waals surface area contributed by atoms with Crippen molar-refractivity contribution >= 4 is 30.1 Å². The standard InChI is InChI=1S/C12H14ClN.ClH/c13-12-3-1-2-11(9-12)8-10-4-6-14-7-5-10;/h1-3,8-9,14H,4-7H2;1H. The van der Waals surface area contributed by atoms with Gasteiger partial charge in [0.15, 0.2) is 0 Å². The lowest BCUT2D eigenvalue weighted by Crippen LogP contribution is -2.22. The highest BCUT2D eigenvalue weighted by molar-refractivity contribution is 6.30. The minimum Gasteiger partial charge on any atom is -0.316 e. The van der Waals surface area contributed by atoms with Gasteiger partial charge in [-0.05, 0) is 43.6 Å². The van der Waals surface area contributed by atoms with Gasteiger partial charge in [0.05, 0.1) is 0 Å². The van der Waals surface area contributed by atoms with E-state index in [-0.39, 0.29) is 12.4 Å². The molecule has 0 radical (unpaired) electrons. The largest absolute Gasteiger partial charge is 0.316 e. The molecule has 0 bridgehead atoms. The van der Waals surface area contributed by atoms with E-state index in [1.807, 2.05) is 18.2 Å². The van der Waals surface area contributed by atoms with E-state index in [1.165, 1.54) is 11.1 Å². The van der Waals surface area contributed by atoms with Crippen LogP contribution >= 0.6 is 24.0 Å². The van der Waals surface area contributed by atoms with E-state index in [0.29, 0.717) is 0 Å². The minimum absolute atomic E-state index is 0. The quantitative estimate of drug-likeness (QED) is 0.796. The van der Waals surface area contributed by atoms with Gasteiger partial charge in [0.25, 0.3) is 0 Å². The molecule has 1 aliphatic rings. The maximum absolute atomic E-state index is 5.92. The van der Waals surface area contributed by atoms with Crippen LogP contribution in [0, 0.1) is 0 Å². The van der Waals surface area contributed by atoms with Crippen LogP contribution in [0.5, 0.6) is 0 Å². The van der Waals surface area contributed by atoms with Crippen LogP contribution in [0.4, 0.5) is 0 Å². The molecular formula is C12H15Cl2N. The Labute approximate surface area is 102 Å². The molecule has 1 aromatic carbocycles. The van der Waals surface area contributed by atoms with Gasteiger partial charge in [-0.25, -0.2) is 0 Å². The van der Waals surface area contributed by atoms with Crippen LogP contribution in [0.2, 0.25) is 5.02 Å². The molecule has 0 aliphatic carbocycles. The summed E-state index contributed by atoms with van der Waals surface area (Å²) in [6, 6.07) is 8.01. The zero-order chi connectivity index (χ0) is 9.80. The van der Waals surface area contributed by atoms with Gasteiger partial charge in [-0.15, -0.1) is 12.4 Å². The summed E-state index contributed by atoms with van der Waals surface area (Å²) in [6.45, 7) is 2.21. The molecule has 1 N–H and O–H groups in total. The molecule has 0 aromatic heterocycles. The highest BCUT2D eigenvalue weighted by Gasteiger charge is 2.03. The third-order valence-electron chi connectivity index (χ3n) is 2.47. The number of piperidine rings is 1. The molecule has 1 aliphatic heterocycles. The fraction of sp³-hybridized carbons (Fsp3) is 0.333. The number of halogens is 2. The lowest BCUT2D eigenvalue weighted by atomic mass is 10.0. The zero-order valence-corrected chi connectivity index (χ0v) is 10.1. The van der Waals surface area contributed by atoms with Gasteiger partial charge >= 0.3 is 0 Å². The molecule has 82 valence electrons. The van der Waals surface area contributed by atoms with Crippen molar-refractivity contribution in [2.24, 2.45) is 0 Å². The Balaban J connectivity index is 0.00000112. The number of benzene rings is 1. The van der Waals surface area contributed by atoms with Crippen LogP contribution in [-0.2, 0) is 0 Å². The fourth-order valence-electron chi connectivity index (χ4n) is 1.72. The van der Waals surface area contributed by atoms with Crippen molar-refractivity contribution < 1.29 is 0 Å². The molecule has 0 spiro atoms. The zero-order valence-electron chi connectivity index (χ0n) is 8.50. The van der Waals surface area contributed by atoms with E-state index >= 15 is 0 Å². The summed E-state index contributed by atoms with van der Waals surface area (Å²) in [5.41, 5.74) is 2.74. The van der Waals surface area contributed by atoms with E-state index in [0.717, 1.165) is 31.0 Å². The normalized spacial score (nSPS) is 15.7. The summed E-state index contributed by atoms with van der Waals surface area (Å²) in [5, 5.41) is 4.16. The Morgan fingerprint density at radius 1 is 1.20 bits per heavy atom. The molecule has 1 aromatic rings. The van der Waals surface area contributed by atoms with Crippen molar-refractivity contribution in [2.45, 2.75) is 12.8 Å². The Kier molecular flexibility index (Phi) is 5.16. The molecule has 0 atom stereocenters. The van der Waals surface area contributed by atoms with E-state index in [1.54, 1.807) is 0 Å². The Bertz CT molecular complexity index is 339. The van der Waals surface area contributed by atoms with E-state index in [4.69, 9.17) is 11.6 Å². The summed E-state index contributed by atoms with van der Waals surface area (Å²) in [5.74, 6) is 0. The second-order valence-corrected chi connectivity index (χ2v) is 4.04. The Hall–Kier alpha value is -0.500. The van der Waals surface area contributed by atoms with Crippen LogP contribution in [0.1, 0.15) is 18.4 Å². The van der Waals surface area contributed by atoms with Crippen LogP contribution in [0.25, 0.3) is 6.08 Å². The molecule has 15 heavy (non-hydrogen) atoms. The molecule has 0 unspecified atom stereocenters. The molecule has 0 amide bonds. The van der Waals surface area contributed by atoms with Gasteiger partial charge < -0.3 is 5.32 Å². The van der Waals surface area contributed by atoms with Crippen molar-refractivity contribution in [3.05, 3.63) is 40.4 Å². The van der Waals surface area contributed by atoms with Crippen molar-refractivity contribution in [3.63, 3.8) is 0 Å². The number of hydrogen-bond donors (Lipinski definition) is 1. The maximum Gasteiger partial charge on any atom is 0.0411 e. The maximum atomic E-state index is 5.92. The first kappa shape index (κ1) is 12.6. The van der Waals surface area contributed by atoms with Gasteiger partial charge in [-0.3, -0.25) is 0 Å². The van der Waals surface area contributed by atoms with Gasteiger partial charge in [0.2, 0.25) is 0 Å². The SMILES string of the molecule is Cl.Clc1cccc(C=C2CCNCC2)c1. The third-order valence-corrected chi connectivity index (χ3v) is 2.70. The number of nitrogens with one attached hydrogen (secondary N) is 1. The lowest BCUT2D eigenvalue weighted by molar-refractivity contribution is 0.613. The molecule has 3 heteroatoms. The second kappa shape index (κ2) is 6.16. The molecule has 0 saturated carbocycles. The predicted octanol–water partition coefficient (Wildman–Crippen LogP) is 3.53. The Morgan fingerprint density at radius 3 is 2.60 bits per heavy atom. The van der Waals surface area contributed by atoms with Crippen LogP contribution in [0.15, 0.2) is 29.8 Å². The van der Waals surface area contributed by atoms with E-state index in [9.17, 15) is 0 Å². The third kappa shape index (κ3) is 3.86. The number of hydrogen-bond acceptors (Lipinski definition) is 1. The van der Waals surface area contributed by atoms with Gasteiger partial charge in [-0.2, -0.15) is 0 Å². The number of rotatable bonds is 1. The Morgan fingerprint density at radius 2 is 1.93 bits per heavy atom. The average Bonchev–Trinajstić information content (AvgIpc) is 2.19. The summed E-state index contributed by atoms with van der Waals surface area (Å²) < 4.78 is 0.